The third-order valence-electron chi connectivity index (χ3n) is 5.42. The van der Waals surface area contributed by atoms with Gasteiger partial charge in [0.1, 0.15) is 0 Å². The predicted octanol–water partition coefficient (Wildman–Crippen LogP) is 3.34. The quantitative estimate of drug-likeness (QED) is 0.504. The van der Waals surface area contributed by atoms with Crippen LogP contribution in [-0.4, -0.2) is 46.9 Å². The largest absolute Gasteiger partial charge is 0.367 e. The van der Waals surface area contributed by atoms with Crippen LogP contribution in [0.25, 0.3) is 10.8 Å². The van der Waals surface area contributed by atoms with Gasteiger partial charge in [0, 0.05) is 55.7 Å². The number of amides is 1. The Bertz CT molecular complexity index is 1060. The molecule has 4 rings (SSSR count). The first-order valence-corrected chi connectivity index (χ1v) is 9.62. The van der Waals surface area contributed by atoms with E-state index < -0.39 is 0 Å². The van der Waals surface area contributed by atoms with Crippen molar-refractivity contribution in [1.29, 1.82) is 0 Å². The molecule has 0 bridgehead atoms. The molecule has 0 N–H and O–H groups in total. The van der Waals surface area contributed by atoms with Crippen molar-refractivity contribution in [3.63, 3.8) is 0 Å². The topological polar surface area (TPSA) is 79.6 Å². The Hall–Kier alpha value is -3.48. The zero-order valence-corrected chi connectivity index (χ0v) is 16.2. The summed E-state index contributed by atoms with van der Waals surface area (Å²) in [6, 6.07) is 13.2. The fraction of sp³-hybridized carbons (Fsp3) is 0.273. The first-order chi connectivity index (χ1) is 14.0. The molecule has 0 unspecified atom stereocenters. The molecule has 2 aromatic carbocycles. The van der Waals surface area contributed by atoms with Crippen molar-refractivity contribution in [3.8, 4) is 0 Å². The highest BCUT2D eigenvalue weighted by Gasteiger charge is 2.24. The smallest absolute Gasteiger partial charge is 0.278 e. The molecule has 3 aromatic rings. The van der Waals surface area contributed by atoms with Crippen LogP contribution in [0.3, 0.4) is 0 Å². The van der Waals surface area contributed by atoms with Crippen LogP contribution in [0.5, 0.6) is 0 Å². The van der Waals surface area contributed by atoms with Gasteiger partial charge in [0.2, 0.25) is 5.91 Å². The van der Waals surface area contributed by atoms with E-state index in [4.69, 9.17) is 0 Å². The normalized spacial score (nSPS) is 14.2. The summed E-state index contributed by atoms with van der Waals surface area (Å²) >= 11 is 0. The van der Waals surface area contributed by atoms with Gasteiger partial charge in [0.25, 0.3) is 5.69 Å². The van der Waals surface area contributed by atoms with Gasteiger partial charge in [-0.15, -0.1) is 0 Å². The zero-order chi connectivity index (χ0) is 20.4. The molecule has 2 heterocycles. The number of pyridine rings is 1. The van der Waals surface area contributed by atoms with Crippen molar-refractivity contribution in [2.75, 3.05) is 31.1 Å². The SMILES string of the molecule is Cc1ccc(CC(=O)N2CCN(c3ccc([N+](=O)[O-])c4cnccc34)CC2)cc1. The summed E-state index contributed by atoms with van der Waals surface area (Å²) in [4.78, 5) is 31.7. The predicted molar refractivity (Wildman–Crippen MR) is 112 cm³/mol. The van der Waals surface area contributed by atoms with Crippen LogP contribution in [0.1, 0.15) is 11.1 Å². The number of nitro groups is 1. The van der Waals surface area contributed by atoms with Gasteiger partial charge in [-0.25, -0.2) is 0 Å². The number of carbonyl (C=O) groups excluding carboxylic acids is 1. The lowest BCUT2D eigenvalue weighted by molar-refractivity contribution is -0.383. The minimum atomic E-state index is -0.379. The minimum Gasteiger partial charge on any atom is -0.367 e. The number of nitro benzene ring substituents is 1. The van der Waals surface area contributed by atoms with Gasteiger partial charge >= 0.3 is 0 Å². The van der Waals surface area contributed by atoms with E-state index in [0.29, 0.717) is 38.0 Å². The monoisotopic (exact) mass is 390 g/mol. The summed E-state index contributed by atoms with van der Waals surface area (Å²) in [5.41, 5.74) is 3.21. The molecular formula is C22H22N4O3. The summed E-state index contributed by atoms with van der Waals surface area (Å²) in [6.07, 6.45) is 3.60. The molecule has 7 nitrogen and oxygen atoms in total. The first kappa shape index (κ1) is 18.9. The standard InChI is InChI=1S/C22H22N4O3/c1-16-2-4-17(5-3-16)14-22(27)25-12-10-24(11-13-25)20-6-7-21(26(28)29)19-15-23-9-8-18(19)20/h2-9,15H,10-14H2,1H3. The van der Waals surface area contributed by atoms with Crippen molar-refractivity contribution in [2.45, 2.75) is 13.3 Å². The average molecular weight is 390 g/mol. The number of nitrogens with zero attached hydrogens (tertiary/aromatic N) is 4. The Morgan fingerprint density at radius 2 is 1.76 bits per heavy atom. The van der Waals surface area contributed by atoms with Gasteiger partial charge in [-0.1, -0.05) is 29.8 Å². The maximum atomic E-state index is 12.7. The molecular weight excluding hydrogens is 368 g/mol. The number of piperazine rings is 1. The van der Waals surface area contributed by atoms with Crippen LogP contribution in [0.4, 0.5) is 11.4 Å². The van der Waals surface area contributed by atoms with E-state index in [-0.39, 0.29) is 16.5 Å². The second-order valence-electron chi connectivity index (χ2n) is 7.31. The Morgan fingerprint density at radius 3 is 2.45 bits per heavy atom. The maximum absolute atomic E-state index is 12.7. The highest BCUT2D eigenvalue weighted by molar-refractivity contribution is 5.99. The fourth-order valence-corrected chi connectivity index (χ4v) is 3.78. The van der Waals surface area contributed by atoms with Gasteiger partial charge in [0.05, 0.1) is 16.7 Å². The van der Waals surface area contributed by atoms with Crippen LogP contribution in [0, 0.1) is 17.0 Å². The molecule has 1 saturated heterocycles. The number of anilines is 1. The van der Waals surface area contributed by atoms with E-state index in [9.17, 15) is 14.9 Å². The number of fused-ring (bicyclic) bond motifs is 1. The van der Waals surface area contributed by atoms with Crippen LogP contribution in [0.2, 0.25) is 0 Å². The van der Waals surface area contributed by atoms with Crippen molar-refractivity contribution < 1.29 is 9.72 Å². The minimum absolute atomic E-state index is 0.0590. The fourth-order valence-electron chi connectivity index (χ4n) is 3.78. The van der Waals surface area contributed by atoms with Crippen molar-refractivity contribution >= 4 is 28.1 Å². The Labute approximate surface area is 168 Å². The molecule has 0 radical (unpaired) electrons. The summed E-state index contributed by atoms with van der Waals surface area (Å²) < 4.78 is 0. The number of benzene rings is 2. The van der Waals surface area contributed by atoms with Crippen LogP contribution < -0.4 is 4.90 Å². The highest BCUT2D eigenvalue weighted by Crippen LogP contribution is 2.33. The molecule has 0 aliphatic carbocycles. The molecule has 29 heavy (non-hydrogen) atoms. The van der Waals surface area contributed by atoms with E-state index in [1.807, 2.05) is 42.2 Å². The summed E-state index contributed by atoms with van der Waals surface area (Å²) in [5.74, 6) is 0.131. The molecule has 1 aliphatic heterocycles. The number of aromatic nitrogens is 1. The van der Waals surface area contributed by atoms with E-state index in [1.165, 1.54) is 17.8 Å². The summed E-state index contributed by atoms with van der Waals surface area (Å²) in [5, 5.41) is 12.7. The number of hydrogen-bond donors (Lipinski definition) is 0. The Balaban J connectivity index is 1.47. The van der Waals surface area contributed by atoms with Crippen LogP contribution in [0.15, 0.2) is 54.9 Å². The van der Waals surface area contributed by atoms with Gasteiger partial charge in [0.15, 0.2) is 0 Å². The lowest BCUT2D eigenvalue weighted by atomic mass is 10.1. The number of carbonyl (C=O) groups is 1. The van der Waals surface area contributed by atoms with Crippen LogP contribution in [-0.2, 0) is 11.2 Å². The summed E-state index contributed by atoms with van der Waals surface area (Å²) in [6.45, 7) is 4.68. The van der Waals surface area contributed by atoms with Gasteiger partial charge < -0.3 is 9.80 Å². The third-order valence-corrected chi connectivity index (χ3v) is 5.42. The molecule has 1 aliphatic rings. The molecule has 0 saturated carbocycles. The van der Waals surface area contributed by atoms with E-state index >= 15 is 0 Å². The highest BCUT2D eigenvalue weighted by atomic mass is 16.6. The molecule has 7 heteroatoms. The second kappa shape index (κ2) is 7.87. The molecule has 0 atom stereocenters. The third kappa shape index (κ3) is 3.89. The van der Waals surface area contributed by atoms with Crippen LogP contribution >= 0.6 is 0 Å². The van der Waals surface area contributed by atoms with Gasteiger partial charge in [-0.05, 0) is 24.6 Å². The maximum Gasteiger partial charge on any atom is 0.278 e. The van der Waals surface area contributed by atoms with Gasteiger partial charge in [-0.2, -0.15) is 0 Å². The average Bonchev–Trinajstić information content (AvgIpc) is 2.74. The zero-order valence-electron chi connectivity index (χ0n) is 16.2. The molecule has 1 fully saturated rings. The van der Waals surface area contributed by atoms with E-state index in [1.54, 1.807) is 12.3 Å². The molecule has 1 amide bonds. The van der Waals surface area contributed by atoms with E-state index in [0.717, 1.165) is 16.6 Å². The Kier molecular flexibility index (Phi) is 5.12. The van der Waals surface area contributed by atoms with Crippen molar-refractivity contribution in [2.24, 2.45) is 0 Å². The lowest BCUT2D eigenvalue weighted by Gasteiger charge is -2.36. The first-order valence-electron chi connectivity index (χ1n) is 9.62. The van der Waals surface area contributed by atoms with E-state index in [2.05, 4.69) is 9.88 Å². The summed E-state index contributed by atoms with van der Waals surface area (Å²) in [7, 11) is 0. The Morgan fingerprint density at radius 1 is 1.03 bits per heavy atom. The van der Waals surface area contributed by atoms with Gasteiger partial charge in [-0.3, -0.25) is 19.9 Å². The number of hydrogen-bond acceptors (Lipinski definition) is 5. The number of non-ortho nitro benzene ring substituents is 1. The molecule has 148 valence electrons. The number of aryl methyl sites for hydroxylation is 1. The van der Waals surface area contributed by atoms with Crippen molar-refractivity contribution in [3.05, 3.63) is 76.1 Å². The number of rotatable bonds is 4. The molecule has 0 spiro atoms. The van der Waals surface area contributed by atoms with Crippen molar-refractivity contribution in [1.82, 2.24) is 9.88 Å². The molecule has 1 aromatic heterocycles. The second-order valence-corrected chi connectivity index (χ2v) is 7.31. The lowest BCUT2D eigenvalue weighted by Crippen LogP contribution is -2.49.